The number of nitrogens with zero attached hydrogens (tertiary/aromatic N) is 3. The van der Waals surface area contributed by atoms with Gasteiger partial charge in [-0.1, -0.05) is 111 Å². The maximum atomic E-state index is 6.74. The van der Waals surface area contributed by atoms with Crippen molar-refractivity contribution in [3.63, 3.8) is 0 Å². The van der Waals surface area contributed by atoms with Crippen molar-refractivity contribution >= 4 is 23.0 Å². The van der Waals surface area contributed by atoms with Crippen LogP contribution >= 0.6 is 23.0 Å². The molecule has 0 spiro atoms. The first kappa shape index (κ1) is 33.0. The van der Waals surface area contributed by atoms with E-state index in [9.17, 15) is 0 Å². The first-order valence-corrected chi connectivity index (χ1v) is 19.7. The van der Waals surface area contributed by atoms with Crippen molar-refractivity contribution in [2.45, 2.75) is 13.8 Å². The predicted octanol–water partition coefficient (Wildman–Crippen LogP) is 12.7. The van der Waals surface area contributed by atoms with Gasteiger partial charge in [0.2, 0.25) is 0 Å². The van der Waals surface area contributed by atoms with Crippen molar-refractivity contribution in [3.05, 3.63) is 176 Å². The van der Waals surface area contributed by atoms with Crippen molar-refractivity contribution in [3.8, 4) is 28.7 Å². The highest BCUT2D eigenvalue weighted by Gasteiger charge is 2.48. The first-order valence-electron chi connectivity index (χ1n) is 15.1. The first-order chi connectivity index (χ1) is 23.5. The van der Waals surface area contributed by atoms with Crippen molar-refractivity contribution in [1.82, 2.24) is 0 Å². The van der Waals surface area contributed by atoms with Gasteiger partial charge in [0, 0.05) is 0 Å². The normalized spacial score (nSPS) is 17.9. The topological polar surface area (TPSA) is 92.5 Å². The Hall–Kier alpha value is -4.93. The van der Waals surface area contributed by atoms with E-state index >= 15 is 0 Å². The summed E-state index contributed by atoms with van der Waals surface area (Å²) in [5, 5.41) is 0. The maximum absolute atomic E-state index is 6.74. The van der Waals surface area contributed by atoms with Crippen LogP contribution in [-0.4, -0.2) is 0 Å². The van der Waals surface area contributed by atoms with Gasteiger partial charge in [-0.2, -0.15) is 0 Å². The molecule has 6 rings (SSSR count). The Morgan fingerprint density at radius 1 is 0.417 bits per heavy atom. The third-order valence-corrected chi connectivity index (χ3v) is 14.5. The average molecular weight is 698 g/mol. The molecule has 5 aromatic carbocycles. The van der Waals surface area contributed by atoms with E-state index in [-0.39, 0.29) is 0 Å². The summed E-state index contributed by atoms with van der Waals surface area (Å²) >= 11 is 0. The van der Waals surface area contributed by atoms with Gasteiger partial charge in [-0.15, -0.1) is 0 Å². The highest BCUT2D eigenvalue weighted by molar-refractivity contribution is 7.79. The summed E-state index contributed by atoms with van der Waals surface area (Å²) in [5.74, 6) is 2.78. The molecule has 0 fully saturated rings. The summed E-state index contributed by atoms with van der Waals surface area (Å²) in [6.45, 7) is 3.75. The second-order valence-electron chi connectivity index (χ2n) is 10.0. The zero-order chi connectivity index (χ0) is 33.1. The van der Waals surface area contributed by atoms with Crippen LogP contribution in [0.3, 0.4) is 0 Å². The molecule has 5 aromatic rings. The predicted molar refractivity (Wildman–Crippen MR) is 193 cm³/mol. The van der Waals surface area contributed by atoms with E-state index in [1.165, 1.54) is 0 Å². The number of hydrogen-bond acceptors (Lipinski definition) is 9. The SMILES string of the molecule is C/C=C\C(=C/C)OP1(Oc2ccccc2)=NP(Oc2ccccc2)(Oc2ccccc2)=NP(Oc2ccccc2)(Oc2ccccc2)=N1. The Morgan fingerprint density at radius 2 is 0.688 bits per heavy atom. The van der Waals surface area contributed by atoms with Crippen LogP contribution < -0.4 is 22.6 Å². The van der Waals surface area contributed by atoms with E-state index in [1.54, 1.807) is 72.8 Å². The minimum absolute atomic E-state index is 0.464. The molecule has 0 bridgehead atoms. The molecule has 244 valence electrons. The zero-order valence-corrected chi connectivity index (χ0v) is 29.0. The molecule has 0 saturated heterocycles. The van der Waals surface area contributed by atoms with Crippen LogP contribution in [0, 0.1) is 0 Å². The number of hydrogen-bond donors (Lipinski definition) is 0. The summed E-state index contributed by atoms with van der Waals surface area (Å²) in [7, 11) is -11.6. The van der Waals surface area contributed by atoms with Gasteiger partial charge in [0.15, 0.2) is 0 Å². The van der Waals surface area contributed by atoms with Gasteiger partial charge in [0.1, 0.15) is 34.5 Å². The van der Waals surface area contributed by atoms with Gasteiger partial charge >= 0.3 is 23.0 Å². The Bertz CT molecular complexity index is 1850. The second-order valence-corrected chi connectivity index (χ2v) is 16.2. The third-order valence-electron chi connectivity index (χ3n) is 6.36. The molecule has 9 nitrogen and oxygen atoms in total. The van der Waals surface area contributed by atoms with Gasteiger partial charge in [0.05, 0.1) is 0 Å². The number of allylic oxidation sites excluding steroid dienone is 3. The Balaban J connectivity index is 1.71. The molecule has 1 aliphatic heterocycles. The molecule has 0 amide bonds. The largest absolute Gasteiger partial charge is 0.460 e. The lowest BCUT2D eigenvalue weighted by Crippen LogP contribution is -2.10. The quantitative estimate of drug-likeness (QED) is 0.0691. The molecule has 0 aliphatic carbocycles. The highest BCUT2D eigenvalue weighted by Crippen LogP contribution is 2.79. The number of rotatable bonds is 13. The molecular formula is C36H34N3O6P3. The molecular weight excluding hydrogens is 663 g/mol. The molecule has 12 heteroatoms. The fourth-order valence-electron chi connectivity index (χ4n) is 4.33. The summed E-state index contributed by atoms with van der Waals surface area (Å²) < 4.78 is 56.0. The summed E-state index contributed by atoms with van der Waals surface area (Å²) in [6, 6.07) is 46.1. The van der Waals surface area contributed by atoms with E-state index in [0.717, 1.165) is 0 Å². The fourth-order valence-corrected chi connectivity index (χ4v) is 13.4. The van der Waals surface area contributed by atoms with Crippen molar-refractivity contribution < 1.29 is 27.1 Å². The van der Waals surface area contributed by atoms with Crippen LogP contribution in [0.25, 0.3) is 0 Å². The monoisotopic (exact) mass is 697 g/mol. The summed E-state index contributed by atoms with van der Waals surface area (Å²) in [4.78, 5) is 0. The van der Waals surface area contributed by atoms with Crippen molar-refractivity contribution in [1.29, 1.82) is 0 Å². The van der Waals surface area contributed by atoms with Crippen molar-refractivity contribution in [2.24, 2.45) is 13.5 Å². The molecule has 1 heterocycles. The standard InChI is InChI=1S/C36H34N3O6P3/c1-3-20-31(4-2)40-46(41-32-21-10-5-11-22-32)37-47(42-33-23-12-6-13-24-33,43-34-25-14-7-15-26-34)39-48(38-46,44-35-27-16-8-17-28-35)45-36-29-18-9-19-30-36/h3-30H,1-2H3/b20-3-,31-4+. The highest BCUT2D eigenvalue weighted by atomic mass is 31.3. The maximum Gasteiger partial charge on any atom is 0.460 e. The smallest absolute Gasteiger partial charge is 0.414 e. The van der Waals surface area contributed by atoms with E-state index in [0.29, 0.717) is 34.5 Å². The van der Waals surface area contributed by atoms with Crippen LogP contribution in [0.1, 0.15) is 13.8 Å². The Morgan fingerprint density at radius 3 is 0.979 bits per heavy atom. The van der Waals surface area contributed by atoms with Crippen LogP contribution in [0.4, 0.5) is 0 Å². The van der Waals surface area contributed by atoms with Crippen molar-refractivity contribution in [2.75, 3.05) is 0 Å². The minimum atomic E-state index is -3.87. The molecule has 48 heavy (non-hydrogen) atoms. The molecule has 1 unspecified atom stereocenters. The van der Waals surface area contributed by atoms with Crippen LogP contribution in [0.5, 0.6) is 28.7 Å². The minimum Gasteiger partial charge on any atom is -0.414 e. The second kappa shape index (κ2) is 15.3. The summed E-state index contributed by atoms with van der Waals surface area (Å²) in [6.07, 6.45) is 5.47. The van der Waals surface area contributed by atoms with Gasteiger partial charge in [-0.3, -0.25) is 0 Å². The van der Waals surface area contributed by atoms with Gasteiger partial charge in [-0.25, -0.2) is 0 Å². The van der Waals surface area contributed by atoms with E-state index in [4.69, 9.17) is 40.7 Å². The molecule has 1 aliphatic rings. The van der Waals surface area contributed by atoms with Crippen LogP contribution in [0.15, 0.2) is 189 Å². The van der Waals surface area contributed by atoms with Crippen LogP contribution in [-0.2, 0) is 4.52 Å². The fraction of sp³-hybridized carbons (Fsp3) is 0.0556. The molecule has 0 N–H and O–H groups in total. The Labute approximate surface area is 281 Å². The number of benzene rings is 5. The Kier molecular flexibility index (Phi) is 10.5. The zero-order valence-electron chi connectivity index (χ0n) is 26.3. The van der Waals surface area contributed by atoms with Gasteiger partial charge in [-0.05, 0) is 86.7 Å². The third kappa shape index (κ3) is 8.50. The molecule has 0 saturated carbocycles. The number of para-hydroxylation sites is 5. The molecule has 0 radical (unpaired) electrons. The van der Waals surface area contributed by atoms with E-state index in [2.05, 4.69) is 0 Å². The lowest BCUT2D eigenvalue weighted by Gasteiger charge is -2.33. The average Bonchev–Trinajstić information content (AvgIpc) is 3.10. The summed E-state index contributed by atoms with van der Waals surface area (Å²) in [5.41, 5.74) is 0. The van der Waals surface area contributed by atoms with Gasteiger partial charge < -0.3 is 27.1 Å². The van der Waals surface area contributed by atoms with Gasteiger partial charge in [0.25, 0.3) is 0 Å². The van der Waals surface area contributed by atoms with Crippen LogP contribution in [0.2, 0.25) is 0 Å². The lowest BCUT2D eigenvalue weighted by atomic mass is 10.3. The lowest BCUT2D eigenvalue weighted by molar-refractivity contribution is 0.398. The molecule has 0 aromatic heterocycles. The van der Waals surface area contributed by atoms with E-state index < -0.39 is 23.0 Å². The van der Waals surface area contributed by atoms with E-state index in [1.807, 2.05) is 111 Å². The molecule has 1 atom stereocenters.